The molecule has 2 aromatic rings. The Morgan fingerprint density at radius 3 is 2.58 bits per heavy atom. The molecule has 1 atom stereocenters. The molecule has 8 nitrogen and oxygen atoms in total. The summed E-state index contributed by atoms with van der Waals surface area (Å²) in [4.78, 5) is 38.9. The number of carbonyl (C=O) groups excluding carboxylic acids is 1. The quantitative estimate of drug-likeness (QED) is 0.544. The number of carbonyl (C=O) groups is 2. The summed E-state index contributed by atoms with van der Waals surface area (Å²) < 4.78 is 0.661. The van der Waals surface area contributed by atoms with Crippen molar-refractivity contribution in [3.05, 3.63) is 45.0 Å². The molecule has 0 aliphatic heterocycles. The van der Waals surface area contributed by atoms with Gasteiger partial charge in [0.05, 0.1) is 9.82 Å². The molecule has 0 aliphatic carbocycles. The number of aryl methyl sites for hydroxylation is 1. The van der Waals surface area contributed by atoms with Crippen LogP contribution >= 0.6 is 23.1 Å². The number of nitro groups is 1. The fraction of sp³-hybridized carbons (Fsp3) is 0.312. The third-order valence-electron chi connectivity index (χ3n) is 3.43. The van der Waals surface area contributed by atoms with Crippen molar-refractivity contribution in [1.29, 1.82) is 0 Å². The first kappa shape index (κ1) is 19.9. The van der Waals surface area contributed by atoms with Crippen LogP contribution in [0.2, 0.25) is 0 Å². The van der Waals surface area contributed by atoms with Gasteiger partial charge in [-0.2, -0.15) is 0 Å². The van der Waals surface area contributed by atoms with Gasteiger partial charge < -0.3 is 10.4 Å². The highest BCUT2D eigenvalue weighted by atomic mass is 32.2. The van der Waals surface area contributed by atoms with Crippen molar-refractivity contribution in [1.82, 2.24) is 10.3 Å². The Hall–Kier alpha value is -2.46. The summed E-state index contributed by atoms with van der Waals surface area (Å²) in [5.41, 5.74) is 0.625. The van der Waals surface area contributed by atoms with E-state index in [-0.39, 0.29) is 17.2 Å². The highest BCUT2D eigenvalue weighted by molar-refractivity contribution is 8.01. The zero-order valence-corrected chi connectivity index (χ0v) is 15.9. The number of thiazole rings is 1. The molecule has 1 aromatic carbocycles. The van der Waals surface area contributed by atoms with Crippen molar-refractivity contribution in [3.63, 3.8) is 0 Å². The van der Waals surface area contributed by atoms with Crippen LogP contribution in [0.15, 0.2) is 32.8 Å². The molecular formula is C16H17N3O5S2. The third kappa shape index (κ3) is 4.79. The number of nitrogens with one attached hydrogen (secondary N) is 1. The van der Waals surface area contributed by atoms with E-state index in [9.17, 15) is 19.7 Å². The van der Waals surface area contributed by atoms with Crippen LogP contribution in [0.4, 0.5) is 5.69 Å². The van der Waals surface area contributed by atoms with Gasteiger partial charge in [0.2, 0.25) is 0 Å². The smallest absolute Gasteiger partial charge is 0.326 e. The molecule has 2 N–H and O–H groups in total. The zero-order chi connectivity index (χ0) is 19.4. The van der Waals surface area contributed by atoms with Crippen LogP contribution in [-0.2, 0) is 4.79 Å². The average Bonchev–Trinajstić information content (AvgIpc) is 2.96. The van der Waals surface area contributed by atoms with Gasteiger partial charge in [-0.1, -0.05) is 25.6 Å². The Labute approximate surface area is 157 Å². The fourth-order valence-corrected chi connectivity index (χ4v) is 3.98. The number of carboxylic acids is 1. The summed E-state index contributed by atoms with van der Waals surface area (Å²) in [5, 5.41) is 24.8. The van der Waals surface area contributed by atoms with E-state index in [1.165, 1.54) is 23.5 Å². The van der Waals surface area contributed by atoms with Crippen LogP contribution in [-0.4, -0.2) is 32.9 Å². The molecule has 0 fully saturated rings. The lowest BCUT2D eigenvalue weighted by molar-refractivity contribution is -0.387. The molecule has 1 amide bonds. The van der Waals surface area contributed by atoms with Crippen molar-refractivity contribution in [2.45, 2.75) is 36.0 Å². The van der Waals surface area contributed by atoms with Gasteiger partial charge in [-0.15, -0.1) is 11.3 Å². The van der Waals surface area contributed by atoms with E-state index in [2.05, 4.69) is 10.3 Å². The van der Waals surface area contributed by atoms with Gasteiger partial charge in [-0.3, -0.25) is 14.9 Å². The number of nitro benzene ring substituents is 1. The second-order valence-electron chi connectivity index (χ2n) is 5.83. The van der Waals surface area contributed by atoms with Gasteiger partial charge in [0.15, 0.2) is 4.34 Å². The maximum absolute atomic E-state index is 12.3. The summed E-state index contributed by atoms with van der Waals surface area (Å²) in [5.74, 6) is -2.15. The number of nitrogens with zero attached hydrogens (tertiary/aromatic N) is 2. The van der Waals surface area contributed by atoms with Crippen molar-refractivity contribution in [3.8, 4) is 0 Å². The van der Waals surface area contributed by atoms with Crippen LogP contribution in [0.5, 0.6) is 0 Å². The van der Waals surface area contributed by atoms with E-state index in [1.807, 2.05) is 12.3 Å². The van der Waals surface area contributed by atoms with Gasteiger partial charge in [0, 0.05) is 22.7 Å². The maximum atomic E-state index is 12.3. The first-order valence-electron chi connectivity index (χ1n) is 7.61. The van der Waals surface area contributed by atoms with E-state index in [1.54, 1.807) is 13.8 Å². The average molecular weight is 395 g/mol. The standard InChI is InChI=1S/C16H17N3O5S2/c1-8(2)13(15(21)22)18-14(20)10-4-5-12(11(6-10)19(23)24)26-16-17-9(3)7-25-16/h4-8,13H,1-3H3,(H,18,20)(H,21,22)/t13-/m1/s1. The minimum atomic E-state index is -1.16. The molecule has 0 bridgehead atoms. The minimum Gasteiger partial charge on any atom is -0.480 e. The molecule has 10 heteroatoms. The highest BCUT2D eigenvalue weighted by Crippen LogP contribution is 2.36. The summed E-state index contributed by atoms with van der Waals surface area (Å²) in [6.45, 7) is 5.16. The lowest BCUT2D eigenvalue weighted by atomic mass is 10.0. The largest absolute Gasteiger partial charge is 0.480 e. The van der Waals surface area contributed by atoms with E-state index in [0.717, 1.165) is 23.5 Å². The second-order valence-corrected chi connectivity index (χ2v) is 7.98. The molecule has 1 aromatic heterocycles. The van der Waals surface area contributed by atoms with E-state index < -0.39 is 22.8 Å². The number of aromatic nitrogens is 1. The first-order chi connectivity index (χ1) is 12.2. The lowest BCUT2D eigenvalue weighted by Crippen LogP contribution is -2.44. The molecule has 0 radical (unpaired) electrons. The first-order valence-corrected chi connectivity index (χ1v) is 9.30. The number of carboxylic acid groups (broad SMARTS) is 1. The molecule has 138 valence electrons. The molecule has 1 heterocycles. The van der Waals surface area contributed by atoms with Gasteiger partial charge >= 0.3 is 5.97 Å². The molecule has 0 unspecified atom stereocenters. The number of hydrogen-bond donors (Lipinski definition) is 2. The van der Waals surface area contributed by atoms with Crippen molar-refractivity contribution in [2.75, 3.05) is 0 Å². The summed E-state index contributed by atoms with van der Waals surface area (Å²) in [7, 11) is 0. The van der Waals surface area contributed by atoms with Crippen molar-refractivity contribution < 1.29 is 19.6 Å². The van der Waals surface area contributed by atoms with E-state index >= 15 is 0 Å². The Morgan fingerprint density at radius 2 is 2.08 bits per heavy atom. The Morgan fingerprint density at radius 1 is 1.38 bits per heavy atom. The Balaban J connectivity index is 2.28. The Bertz CT molecular complexity index is 850. The zero-order valence-electron chi connectivity index (χ0n) is 14.3. The van der Waals surface area contributed by atoms with Gasteiger partial charge in [0.1, 0.15) is 6.04 Å². The molecule has 0 spiro atoms. The fourth-order valence-electron chi connectivity index (χ4n) is 2.10. The van der Waals surface area contributed by atoms with Crippen molar-refractivity contribution >= 4 is 40.7 Å². The van der Waals surface area contributed by atoms with Crippen LogP contribution < -0.4 is 5.32 Å². The number of amides is 1. The predicted octanol–water partition coefficient (Wildman–Crippen LogP) is 3.35. The molecule has 0 saturated carbocycles. The summed E-state index contributed by atoms with van der Waals surface area (Å²) in [6.07, 6.45) is 0. The molecular weight excluding hydrogens is 378 g/mol. The number of benzene rings is 1. The molecule has 0 aliphatic rings. The van der Waals surface area contributed by atoms with Gasteiger partial charge in [-0.25, -0.2) is 9.78 Å². The molecule has 2 rings (SSSR count). The third-order valence-corrected chi connectivity index (χ3v) is 5.55. The van der Waals surface area contributed by atoms with E-state index in [0.29, 0.717) is 9.24 Å². The van der Waals surface area contributed by atoms with Crippen LogP contribution in [0.3, 0.4) is 0 Å². The monoisotopic (exact) mass is 395 g/mol. The predicted molar refractivity (Wildman–Crippen MR) is 97.8 cm³/mol. The van der Waals surface area contributed by atoms with Crippen molar-refractivity contribution in [2.24, 2.45) is 5.92 Å². The summed E-state index contributed by atoms with van der Waals surface area (Å²) >= 11 is 2.52. The Kier molecular flexibility index (Phi) is 6.32. The number of aliphatic carboxylic acids is 1. The van der Waals surface area contributed by atoms with Crippen LogP contribution in [0.25, 0.3) is 0 Å². The normalized spacial score (nSPS) is 12.0. The highest BCUT2D eigenvalue weighted by Gasteiger charge is 2.25. The van der Waals surface area contributed by atoms with Crippen LogP contribution in [0.1, 0.15) is 29.9 Å². The van der Waals surface area contributed by atoms with Gasteiger partial charge in [0.25, 0.3) is 11.6 Å². The SMILES string of the molecule is Cc1csc(Sc2ccc(C(=O)N[C@@H](C(=O)O)C(C)C)cc2[N+](=O)[O-])n1. The second kappa shape index (κ2) is 8.28. The number of rotatable bonds is 7. The topological polar surface area (TPSA) is 122 Å². The lowest BCUT2D eigenvalue weighted by Gasteiger charge is -2.17. The molecule has 26 heavy (non-hydrogen) atoms. The van der Waals surface area contributed by atoms with E-state index in [4.69, 9.17) is 5.11 Å². The van der Waals surface area contributed by atoms with Gasteiger partial charge in [-0.05, 0) is 25.0 Å². The molecule has 0 saturated heterocycles. The number of hydrogen-bond acceptors (Lipinski definition) is 7. The maximum Gasteiger partial charge on any atom is 0.326 e. The minimum absolute atomic E-state index is 0.0308. The summed E-state index contributed by atoms with van der Waals surface area (Å²) in [6, 6.07) is 2.98. The van der Waals surface area contributed by atoms with Crippen LogP contribution in [0, 0.1) is 23.0 Å².